The smallest absolute Gasteiger partial charge is 0.319 e. The van der Waals surface area contributed by atoms with Crippen LogP contribution in [0.3, 0.4) is 0 Å². The molecule has 2 saturated heterocycles. The molecule has 41 heavy (non-hydrogen) atoms. The molecule has 3 N–H and O–H groups in total. The fourth-order valence-electron chi connectivity index (χ4n) is 5.43. The Kier molecular flexibility index (Phi) is 6.79. The molecule has 6 amide bonds. The van der Waals surface area contributed by atoms with E-state index >= 15 is 0 Å². The van der Waals surface area contributed by atoms with E-state index < -0.39 is 41.2 Å². The Morgan fingerprint density at radius 3 is 2.63 bits per heavy atom. The number of hydrogen-bond acceptors (Lipinski definition) is 8. The normalized spacial score (nSPS) is 20.9. The molecule has 2 atom stereocenters. The van der Waals surface area contributed by atoms with Crippen molar-refractivity contribution in [2.24, 2.45) is 0 Å². The summed E-state index contributed by atoms with van der Waals surface area (Å²) in [6, 6.07) is 6.56. The third-order valence-corrected chi connectivity index (χ3v) is 9.06. The first-order chi connectivity index (χ1) is 19.5. The second-order valence-corrected chi connectivity index (χ2v) is 12.3. The minimum Gasteiger partial charge on any atom is -0.381 e. The second-order valence-electron chi connectivity index (χ2n) is 10.8. The molecule has 13 heteroatoms. The van der Waals surface area contributed by atoms with Gasteiger partial charge in [0.15, 0.2) is 0 Å². The van der Waals surface area contributed by atoms with Crippen LogP contribution in [0.4, 0.5) is 10.5 Å². The van der Waals surface area contributed by atoms with Crippen LogP contribution in [0.25, 0.3) is 10.2 Å². The number of nitrogens with zero attached hydrogens (tertiary/aromatic N) is 2. The quantitative estimate of drug-likeness (QED) is 0.379. The van der Waals surface area contributed by atoms with E-state index in [1.807, 2.05) is 26.0 Å². The van der Waals surface area contributed by atoms with Crippen molar-refractivity contribution in [3.8, 4) is 0 Å². The van der Waals surface area contributed by atoms with E-state index in [0.29, 0.717) is 28.9 Å². The molecule has 2 fully saturated rings. The van der Waals surface area contributed by atoms with Crippen molar-refractivity contribution >= 4 is 68.5 Å². The molecular formula is C28H26ClN5O6S. The third-order valence-electron chi connectivity index (χ3n) is 7.52. The zero-order valence-electron chi connectivity index (χ0n) is 22.2. The van der Waals surface area contributed by atoms with E-state index in [2.05, 4.69) is 16.0 Å². The summed E-state index contributed by atoms with van der Waals surface area (Å²) in [6.07, 6.45) is 0.990. The average molecular weight is 596 g/mol. The van der Waals surface area contributed by atoms with E-state index in [0.717, 1.165) is 27.1 Å². The Morgan fingerprint density at radius 2 is 1.90 bits per heavy atom. The Labute approximate surface area is 243 Å². The minimum atomic E-state index is -1.06. The largest absolute Gasteiger partial charge is 0.381 e. The number of imide groups is 2. The van der Waals surface area contributed by atoms with Gasteiger partial charge in [-0.05, 0) is 62.6 Å². The van der Waals surface area contributed by atoms with Crippen molar-refractivity contribution in [3.63, 3.8) is 0 Å². The van der Waals surface area contributed by atoms with Gasteiger partial charge < -0.3 is 15.4 Å². The van der Waals surface area contributed by atoms with Crippen LogP contribution in [0.5, 0.6) is 0 Å². The lowest BCUT2D eigenvalue weighted by molar-refractivity contribution is -0.136. The first-order valence-electron chi connectivity index (χ1n) is 13.1. The van der Waals surface area contributed by atoms with Gasteiger partial charge in [0, 0.05) is 29.7 Å². The fraction of sp³-hybridized carbons (Fsp3) is 0.357. The predicted molar refractivity (Wildman–Crippen MR) is 151 cm³/mol. The molecule has 2 aromatic carbocycles. The number of aromatic nitrogens is 1. The van der Waals surface area contributed by atoms with Crippen LogP contribution in [0.15, 0.2) is 30.3 Å². The third kappa shape index (κ3) is 4.96. The maximum atomic E-state index is 13.1. The number of nitrogens with one attached hydrogen (secondary N) is 3. The van der Waals surface area contributed by atoms with Crippen molar-refractivity contribution in [2.45, 2.75) is 50.6 Å². The highest BCUT2D eigenvalue weighted by Gasteiger charge is 2.44. The Bertz CT molecular complexity index is 1650. The average Bonchev–Trinajstić information content (AvgIpc) is 3.64. The van der Waals surface area contributed by atoms with Gasteiger partial charge in [-0.2, -0.15) is 0 Å². The van der Waals surface area contributed by atoms with Gasteiger partial charge in [0.1, 0.15) is 11.0 Å². The van der Waals surface area contributed by atoms with Crippen molar-refractivity contribution in [1.82, 2.24) is 20.5 Å². The fourth-order valence-corrected chi connectivity index (χ4v) is 6.82. The maximum Gasteiger partial charge on any atom is 0.319 e. The van der Waals surface area contributed by atoms with Crippen molar-refractivity contribution < 1.29 is 28.7 Å². The summed E-state index contributed by atoms with van der Waals surface area (Å²) in [5, 5.41) is 9.15. The standard InChI is InChI=1S/C28H26ClN5O6S/c1-28(2,26-32-22-17(13-7-8-40-12-13)9-14(29)10-20(22)41-26)33-27(39)30-15-3-4-16-18(11-15)25(38)34(24(16)37)19-5-6-21(35)31-23(19)36/h3-4,9-11,13,19H,5-8,12H2,1-2H3,(H2,30,33,39)(H,31,35,36)/t13-,19?/m1/s1. The van der Waals surface area contributed by atoms with Gasteiger partial charge in [-0.3, -0.25) is 29.4 Å². The first-order valence-corrected chi connectivity index (χ1v) is 14.3. The second kappa shape index (κ2) is 10.2. The molecule has 0 radical (unpaired) electrons. The lowest BCUT2D eigenvalue weighted by atomic mass is 9.97. The summed E-state index contributed by atoms with van der Waals surface area (Å²) in [4.78, 5) is 68.6. The van der Waals surface area contributed by atoms with E-state index in [4.69, 9.17) is 21.3 Å². The molecule has 1 unspecified atom stereocenters. The number of piperidine rings is 1. The number of benzene rings is 2. The summed E-state index contributed by atoms with van der Waals surface area (Å²) >= 11 is 7.85. The van der Waals surface area contributed by atoms with Crippen molar-refractivity contribution in [1.29, 1.82) is 0 Å². The molecule has 1 aromatic heterocycles. The molecule has 11 nitrogen and oxygen atoms in total. The van der Waals surface area contributed by atoms with Crippen molar-refractivity contribution in [2.75, 3.05) is 18.5 Å². The number of amides is 6. The number of rotatable bonds is 5. The lowest BCUT2D eigenvalue weighted by Crippen LogP contribution is -2.54. The lowest BCUT2D eigenvalue weighted by Gasteiger charge is -2.27. The van der Waals surface area contributed by atoms with Gasteiger partial charge >= 0.3 is 6.03 Å². The van der Waals surface area contributed by atoms with Crippen LogP contribution >= 0.6 is 22.9 Å². The zero-order valence-corrected chi connectivity index (χ0v) is 23.8. The van der Waals surface area contributed by atoms with Crippen LogP contribution in [-0.4, -0.2) is 58.8 Å². The minimum absolute atomic E-state index is 0.0323. The summed E-state index contributed by atoms with van der Waals surface area (Å²) in [5.74, 6) is -2.18. The molecule has 0 spiro atoms. The molecule has 3 aliphatic rings. The number of ether oxygens (including phenoxy) is 1. The number of anilines is 1. The molecule has 0 saturated carbocycles. The number of carbonyl (C=O) groups excluding carboxylic acids is 5. The van der Waals surface area contributed by atoms with Gasteiger partial charge in [-0.1, -0.05) is 11.6 Å². The number of thiazole rings is 1. The summed E-state index contributed by atoms with van der Waals surface area (Å²) in [5.41, 5.74) is 1.53. The van der Waals surface area contributed by atoms with Gasteiger partial charge in [0.25, 0.3) is 11.8 Å². The van der Waals surface area contributed by atoms with E-state index in [-0.39, 0.29) is 29.9 Å². The topological polar surface area (TPSA) is 147 Å². The molecular weight excluding hydrogens is 570 g/mol. The van der Waals surface area contributed by atoms with Crippen LogP contribution < -0.4 is 16.0 Å². The molecule has 4 heterocycles. The van der Waals surface area contributed by atoms with Crippen LogP contribution in [0.1, 0.15) is 70.3 Å². The Morgan fingerprint density at radius 1 is 1.12 bits per heavy atom. The number of hydrogen-bond donors (Lipinski definition) is 3. The molecule has 212 valence electrons. The first kappa shape index (κ1) is 27.3. The van der Waals surface area contributed by atoms with Gasteiger partial charge in [0.05, 0.1) is 33.5 Å². The summed E-state index contributed by atoms with van der Waals surface area (Å²) < 4.78 is 6.49. The highest BCUT2D eigenvalue weighted by Crippen LogP contribution is 2.38. The maximum absolute atomic E-state index is 13.1. The highest BCUT2D eigenvalue weighted by molar-refractivity contribution is 7.18. The number of urea groups is 1. The van der Waals surface area contributed by atoms with E-state index in [1.54, 1.807) is 0 Å². The predicted octanol–water partition coefficient (Wildman–Crippen LogP) is 3.91. The number of carbonyl (C=O) groups is 5. The van der Waals surface area contributed by atoms with Crippen LogP contribution in [-0.2, 0) is 19.9 Å². The molecule has 0 bridgehead atoms. The van der Waals surface area contributed by atoms with E-state index in [1.165, 1.54) is 29.5 Å². The molecule has 3 aromatic rings. The Hall–Kier alpha value is -3.87. The highest BCUT2D eigenvalue weighted by atomic mass is 35.5. The molecule has 0 aliphatic carbocycles. The van der Waals surface area contributed by atoms with Gasteiger partial charge in [-0.15, -0.1) is 11.3 Å². The summed E-state index contributed by atoms with van der Waals surface area (Å²) in [7, 11) is 0. The van der Waals surface area contributed by atoms with Gasteiger partial charge in [-0.25, -0.2) is 9.78 Å². The molecule has 3 aliphatic heterocycles. The summed E-state index contributed by atoms with van der Waals surface area (Å²) in [6.45, 7) is 4.99. The van der Waals surface area contributed by atoms with Crippen LogP contribution in [0, 0.1) is 0 Å². The van der Waals surface area contributed by atoms with Crippen LogP contribution in [0.2, 0.25) is 5.02 Å². The Balaban J connectivity index is 1.18. The monoisotopic (exact) mass is 595 g/mol. The van der Waals surface area contributed by atoms with E-state index in [9.17, 15) is 24.0 Å². The van der Waals surface area contributed by atoms with Crippen molar-refractivity contribution in [3.05, 3.63) is 57.1 Å². The molecule has 6 rings (SSSR count). The number of fused-ring (bicyclic) bond motifs is 2. The van der Waals surface area contributed by atoms with Gasteiger partial charge in [0.2, 0.25) is 11.8 Å². The zero-order chi connectivity index (χ0) is 29.1. The number of halogens is 1. The SMILES string of the molecule is CC(C)(NC(=O)Nc1ccc2c(c1)C(=O)N(C1CCC(=O)NC1=O)C2=O)c1nc2c([C@@H]3CCOC3)cc(Cl)cc2s1.